The van der Waals surface area contributed by atoms with Crippen molar-refractivity contribution in [2.45, 2.75) is 25.8 Å². The normalized spacial score (nSPS) is 17.8. The van der Waals surface area contributed by atoms with E-state index in [1.807, 2.05) is 0 Å². The zero-order valence-electron chi connectivity index (χ0n) is 12.7. The van der Waals surface area contributed by atoms with Gasteiger partial charge in [0.05, 0.1) is 0 Å². The van der Waals surface area contributed by atoms with E-state index in [1.165, 1.54) is 18.5 Å². The second-order valence-electron chi connectivity index (χ2n) is 6.04. The minimum absolute atomic E-state index is 0.369. The number of nitrogens with zero attached hydrogens (tertiary/aromatic N) is 2. The summed E-state index contributed by atoms with van der Waals surface area (Å²) in [6.45, 7) is 6.06. The van der Waals surface area contributed by atoms with Crippen LogP contribution in [0.15, 0.2) is 30.3 Å². The summed E-state index contributed by atoms with van der Waals surface area (Å²) >= 11 is 0. The van der Waals surface area contributed by atoms with Crippen LogP contribution < -0.4 is 0 Å². The molecule has 0 aromatic heterocycles. The molecule has 2 rings (SSSR count). The summed E-state index contributed by atoms with van der Waals surface area (Å²) in [5.74, 6) is 0.548. The van der Waals surface area contributed by atoms with Crippen LogP contribution >= 0.6 is 0 Å². The van der Waals surface area contributed by atoms with Gasteiger partial charge in [0.2, 0.25) is 0 Å². The van der Waals surface area contributed by atoms with E-state index in [4.69, 9.17) is 5.11 Å². The maximum absolute atomic E-state index is 9.14. The lowest BCUT2D eigenvalue weighted by atomic mass is 9.98. The highest BCUT2D eigenvalue weighted by Crippen LogP contribution is 2.16. The van der Waals surface area contributed by atoms with Gasteiger partial charge in [0.1, 0.15) is 0 Å². The minimum Gasteiger partial charge on any atom is -0.396 e. The molecule has 1 saturated heterocycles. The average molecular weight is 276 g/mol. The van der Waals surface area contributed by atoms with Crippen LogP contribution in [0.3, 0.4) is 0 Å². The van der Waals surface area contributed by atoms with E-state index in [9.17, 15) is 0 Å². The van der Waals surface area contributed by atoms with Crippen LogP contribution in [-0.2, 0) is 6.54 Å². The van der Waals surface area contributed by atoms with Gasteiger partial charge in [-0.1, -0.05) is 30.3 Å². The fourth-order valence-corrected chi connectivity index (χ4v) is 2.93. The number of hydrogen-bond donors (Lipinski definition) is 1. The van der Waals surface area contributed by atoms with Gasteiger partial charge < -0.3 is 14.9 Å². The van der Waals surface area contributed by atoms with Gasteiger partial charge in [-0.05, 0) is 64.0 Å². The molecule has 0 unspecified atom stereocenters. The molecule has 1 aliphatic rings. The van der Waals surface area contributed by atoms with E-state index in [2.05, 4.69) is 47.2 Å². The Bertz CT molecular complexity index is 361. The lowest BCUT2D eigenvalue weighted by Crippen LogP contribution is -2.36. The van der Waals surface area contributed by atoms with E-state index in [1.54, 1.807) is 0 Å². The second kappa shape index (κ2) is 8.40. The number of benzene rings is 1. The monoisotopic (exact) mass is 276 g/mol. The summed E-state index contributed by atoms with van der Waals surface area (Å²) in [5.41, 5.74) is 1.39. The van der Waals surface area contributed by atoms with Crippen molar-refractivity contribution < 1.29 is 5.11 Å². The fraction of sp³-hybridized carbons (Fsp3) is 0.647. The van der Waals surface area contributed by atoms with Crippen LogP contribution in [0.2, 0.25) is 0 Å². The molecule has 20 heavy (non-hydrogen) atoms. The Kier molecular flexibility index (Phi) is 6.51. The SMILES string of the molecule is CN(CCCN1CCC(CO)CC1)Cc1ccccc1. The molecule has 1 N–H and O–H groups in total. The molecule has 3 heteroatoms. The molecule has 0 aliphatic carbocycles. The van der Waals surface area contributed by atoms with Gasteiger partial charge in [-0.2, -0.15) is 0 Å². The highest BCUT2D eigenvalue weighted by atomic mass is 16.3. The zero-order chi connectivity index (χ0) is 14.2. The molecule has 3 nitrogen and oxygen atoms in total. The fourth-order valence-electron chi connectivity index (χ4n) is 2.93. The summed E-state index contributed by atoms with van der Waals surface area (Å²) in [4.78, 5) is 4.94. The van der Waals surface area contributed by atoms with E-state index in [0.717, 1.165) is 39.0 Å². The Morgan fingerprint density at radius 1 is 1.20 bits per heavy atom. The van der Waals surface area contributed by atoms with E-state index in [0.29, 0.717) is 12.5 Å². The Morgan fingerprint density at radius 3 is 2.55 bits per heavy atom. The van der Waals surface area contributed by atoms with Gasteiger partial charge in [0.25, 0.3) is 0 Å². The third-order valence-corrected chi connectivity index (χ3v) is 4.27. The van der Waals surface area contributed by atoms with Crippen molar-refractivity contribution in [2.24, 2.45) is 5.92 Å². The first-order valence-electron chi connectivity index (χ1n) is 7.83. The van der Waals surface area contributed by atoms with Gasteiger partial charge >= 0.3 is 0 Å². The topological polar surface area (TPSA) is 26.7 Å². The number of piperidine rings is 1. The Labute approximate surface area is 123 Å². The molecule has 0 saturated carbocycles. The Balaban J connectivity index is 1.59. The number of rotatable bonds is 7. The summed E-state index contributed by atoms with van der Waals surface area (Å²) in [6, 6.07) is 10.7. The highest BCUT2D eigenvalue weighted by Gasteiger charge is 2.17. The lowest BCUT2D eigenvalue weighted by Gasteiger charge is -2.31. The summed E-state index contributed by atoms with van der Waals surface area (Å²) in [7, 11) is 2.20. The molecule has 0 bridgehead atoms. The maximum atomic E-state index is 9.14. The predicted molar refractivity (Wildman–Crippen MR) is 83.6 cm³/mol. The third kappa shape index (κ3) is 5.23. The van der Waals surface area contributed by atoms with Crippen molar-refractivity contribution >= 4 is 0 Å². The number of aliphatic hydroxyl groups is 1. The molecular weight excluding hydrogens is 248 g/mol. The Morgan fingerprint density at radius 2 is 1.90 bits per heavy atom. The number of likely N-dealkylation sites (tertiary alicyclic amines) is 1. The maximum Gasteiger partial charge on any atom is 0.0460 e. The molecule has 112 valence electrons. The van der Waals surface area contributed by atoms with Crippen LogP contribution in [0.4, 0.5) is 0 Å². The zero-order valence-corrected chi connectivity index (χ0v) is 12.7. The van der Waals surface area contributed by atoms with Crippen molar-refractivity contribution in [3.05, 3.63) is 35.9 Å². The van der Waals surface area contributed by atoms with E-state index >= 15 is 0 Å². The van der Waals surface area contributed by atoms with Gasteiger partial charge in [0.15, 0.2) is 0 Å². The second-order valence-corrected chi connectivity index (χ2v) is 6.04. The van der Waals surface area contributed by atoms with Crippen LogP contribution in [0.1, 0.15) is 24.8 Å². The standard InChI is InChI=1S/C17H28N2O/c1-18(14-16-6-3-2-4-7-16)10-5-11-19-12-8-17(15-20)9-13-19/h2-4,6-7,17,20H,5,8-15H2,1H3. The molecule has 1 heterocycles. The van der Waals surface area contributed by atoms with Crippen molar-refractivity contribution in [1.29, 1.82) is 0 Å². The summed E-state index contributed by atoms with van der Waals surface area (Å²) < 4.78 is 0. The summed E-state index contributed by atoms with van der Waals surface area (Å²) in [5, 5.41) is 9.14. The Hall–Kier alpha value is -0.900. The first kappa shape index (κ1) is 15.5. The molecule has 1 aromatic rings. The molecule has 0 spiro atoms. The average Bonchev–Trinajstić information content (AvgIpc) is 2.49. The molecule has 1 aromatic carbocycles. The predicted octanol–water partition coefficient (Wildman–Crippen LogP) is 2.21. The molecule has 0 radical (unpaired) electrons. The molecule has 0 atom stereocenters. The van der Waals surface area contributed by atoms with Crippen LogP contribution in [-0.4, -0.2) is 54.7 Å². The minimum atomic E-state index is 0.369. The van der Waals surface area contributed by atoms with Crippen LogP contribution in [0, 0.1) is 5.92 Å². The quantitative estimate of drug-likeness (QED) is 0.827. The van der Waals surface area contributed by atoms with E-state index in [-0.39, 0.29) is 0 Å². The third-order valence-electron chi connectivity index (χ3n) is 4.27. The van der Waals surface area contributed by atoms with Crippen molar-refractivity contribution in [3.8, 4) is 0 Å². The smallest absolute Gasteiger partial charge is 0.0460 e. The first-order valence-corrected chi connectivity index (χ1v) is 7.83. The van der Waals surface area contributed by atoms with E-state index < -0.39 is 0 Å². The highest BCUT2D eigenvalue weighted by molar-refractivity contribution is 5.14. The van der Waals surface area contributed by atoms with Crippen molar-refractivity contribution in [1.82, 2.24) is 9.80 Å². The van der Waals surface area contributed by atoms with Crippen LogP contribution in [0.25, 0.3) is 0 Å². The van der Waals surface area contributed by atoms with Crippen LogP contribution in [0.5, 0.6) is 0 Å². The number of aliphatic hydroxyl groups excluding tert-OH is 1. The van der Waals surface area contributed by atoms with Gasteiger partial charge in [0, 0.05) is 13.2 Å². The largest absolute Gasteiger partial charge is 0.396 e. The first-order chi connectivity index (χ1) is 9.78. The molecule has 0 amide bonds. The van der Waals surface area contributed by atoms with Gasteiger partial charge in [-0.3, -0.25) is 0 Å². The number of hydrogen-bond acceptors (Lipinski definition) is 3. The summed E-state index contributed by atoms with van der Waals surface area (Å²) in [6.07, 6.45) is 3.56. The van der Waals surface area contributed by atoms with Crippen molar-refractivity contribution in [3.63, 3.8) is 0 Å². The van der Waals surface area contributed by atoms with Crippen molar-refractivity contribution in [2.75, 3.05) is 39.8 Å². The molecule has 1 fully saturated rings. The van der Waals surface area contributed by atoms with Gasteiger partial charge in [-0.15, -0.1) is 0 Å². The molecular formula is C17H28N2O. The molecule has 1 aliphatic heterocycles. The lowest BCUT2D eigenvalue weighted by molar-refractivity contribution is 0.128. The van der Waals surface area contributed by atoms with Gasteiger partial charge in [-0.25, -0.2) is 0 Å².